The summed E-state index contributed by atoms with van der Waals surface area (Å²) < 4.78 is 0. The fraction of sp³-hybridized carbons (Fsp3) is 0.889. The van der Waals surface area contributed by atoms with E-state index >= 15 is 0 Å². The molecule has 1 unspecified atom stereocenters. The Labute approximate surface area is 68.6 Å². The van der Waals surface area contributed by atoms with Crippen LogP contribution in [0, 0.1) is 5.92 Å². The Morgan fingerprint density at radius 2 is 2.18 bits per heavy atom. The lowest BCUT2D eigenvalue weighted by atomic mass is 10.1. The third kappa shape index (κ3) is 1.80. The van der Waals surface area contributed by atoms with Crippen molar-refractivity contribution >= 4 is 6.29 Å². The highest BCUT2D eigenvalue weighted by Crippen LogP contribution is 2.22. The molecule has 0 saturated carbocycles. The molecule has 0 aromatic carbocycles. The normalized spacial score (nSPS) is 27.4. The van der Waals surface area contributed by atoms with Gasteiger partial charge in [0.25, 0.3) is 0 Å². The van der Waals surface area contributed by atoms with Crippen molar-refractivity contribution < 1.29 is 4.79 Å². The molecule has 1 aliphatic heterocycles. The number of aldehydes is 1. The summed E-state index contributed by atoms with van der Waals surface area (Å²) in [6.07, 6.45) is 2.28. The van der Waals surface area contributed by atoms with E-state index in [4.69, 9.17) is 0 Å². The third-order valence-corrected chi connectivity index (χ3v) is 2.53. The molecule has 0 bridgehead atoms. The van der Waals surface area contributed by atoms with Crippen molar-refractivity contribution in [3.05, 3.63) is 0 Å². The minimum Gasteiger partial charge on any atom is -0.301 e. The lowest BCUT2D eigenvalue weighted by Crippen LogP contribution is -2.43. The molecular weight excluding hydrogens is 138 g/mol. The predicted octanol–water partition coefficient (Wildman–Crippen LogP) is 1.31. The van der Waals surface area contributed by atoms with Crippen molar-refractivity contribution in [2.75, 3.05) is 13.1 Å². The Hall–Kier alpha value is -0.370. The summed E-state index contributed by atoms with van der Waals surface area (Å²) in [5.74, 6) is 0.759. The summed E-state index contributed by atoms with van der Waals surface area (Å²) >= 11 is 0. The van der Waals surface area contributed by atoms with E-state index in [2.05, 4.69) is 11.8 Å². The lowest BCUT2D eigenvalue weighted by Gasteiger charge is -2.29. The summed E-state index contributed by atoms with van der Waals surface area (Å²) in [6, 6.07) is 0. The Kier molecular flexibility index (Phi) is 2.33. The maximum Gasteiger partial charge on any atom is 0.139 e. The van der Waals surface area contributed by atoms with Gasteiger partial charge in [-0.3, -0.25) is 4.90 Å². The van der Waals surface area contributed by atoms with Crippen LogP contribution in [0.15, 0.2) is 0 Å². The molecule has 0 N–H and O–H groups in total. The first-order valence-electron chi connectivity index (χ1n) is 4.27. The first kappa shape index (κ1) is 8.72. The Bertz CT molecular complexity index is 154. The van der Waals surface area contributed by atoms with E-state index in [0.717, 1.165) is 25.3 Å². The monoisotopic (exact) mass is 155 g/mol. The third-order valence-electron chi connectivity index (χ3n) is 2.53. The van der Waals surface area contributed by atoms with Crippen LogP contribution in [0.3, 0.4) is 0 Å². The van der Waals surface area contributed by atoms with Crippen molar-refractivity contribution in [1.82, 2.24) is 4.90 Å². The number of nitrogens with zero attached hydrogens (tertiary/aromatic N) is 1. The number of rotatable bonds is 2. The topological polar surface area (TPSA) is 20.3 Å². The van der Waals surface area contributed by atoms with Crippen LogP contribution in [0.25, 0.3) is 0 Å². The highest BCUT2D eigenvalue weighted by atomic mass is 16.1. The summed E-state index contributed by atoms with van der Waals surface area (Å²) in [4.78, 5) is 12.9. The average molecular weight is 155 g/mol. The van der Waals surface area contributed by atoms with Gasteiger partial charge in [-0.25, -0.2) is 0 Å². The molecule has 0 aliphatic carbocycles. The summed E-state index contributed by atoms with van der Waals surface area (Å²) in [6.45, 7) is 8.36. The molecule has 0 radical (unpaired) electrons. The molecule has 1 rings (SSSR count). The van der Waals surface area contributed by atoms with Gasteiger partial charge in [-0.1, -0.05) is 6.92 Å². The number of carbonyl (C=O) groups excluding carboxylic acids is 1. The zero-order valence-electron chi connectivity index (χ0n) is 7.63. The minimum atomic E-state index is -0.245. The van der Waals surface area contributed by atoms with Gasteiger partial charge in [0.05, 0.1) is 5.54 Å². The molecule has 64 valence electrons. The molecule has 0 aromatic rings. The van der Waals surface area contributed by atoms with Crippen molar-refractivity contribution in [1.29, 1.82) is 0 Å². The molecule has 1 saturated heterocycles. The smallest absolute Gasteiger partial charge is 0.139 e. The highest BCUT2D eigenvalue weighted by molar-refractivity contribution is 5.62. The Morgan fingerprint density at radius 1 is 1.55 bits per heavy atom. The minimum absolute atomic E-state index is 0.245. The van der Waals surface area contributed by atoms with Gasteiger partial charge in [-0.15, -0.1) is 0 Å². The molecular formula is C9H17NO. The van der Waals surface area contributed by atoms with Crippen LogP contribution in [0.1, 0.15) is 27.2 Å². The first-order chi connectivity index (χ1) is 5.06. The Morgan fingerprint density at radius 3 is 2.55 bits per heavy atom. The maximum absolute atomic E-state index is 10.7. The van der Waals surface area contributed by atoms with Crippen molar-refractivity contribution in [3.8, 4) is 0 Å². The lowest BCUT2D eigenvalue weighted by molar-refractivity contribution is -0.116. The van der Waals surface area contributed by atoms with E-state index in [1.165, 1.54) is 6.42 Å². The fourth-order valence-electron chi connectivity index (χ4n) is 1.53. The van der Waals surface area contributed by atoms with Crippen LogP contribution in [0.4, 0.5) is 0 Å². The molecule has 1 fully saturated rings. The van der Waals surface area contributed by atoms with Gasteiger partial charge in [0.15, 0.2) is 0 Å². The van der Waals surface area contributed by atoms with E-state index < -0.39 is 0 Å². The molecule has 1 heterocycles. The Balaban J connectivity index is 2.55. The van der Waals surface area contributed by atoms with Crippen molar-refractivity contribution in [2.24, 2.45) is 5.92 Å². The second-order valence-electron chi connectivity index (χ2n) is 4.11. The number of hydrogen-bond acceptors (Lipinski definition) is 2. The molecule has 0 amide bonds. The van der Waals surface area contributed by atoms with Gasteiger partial charge < -0.3 is 4.79 Å². The van der Waals surface area contributed by atoms with E-state index in [9.17, 15) is 4.79 Å². The quantitative estimate of drug-likeness (QED) is 0.560. The van der Waals surface area contributed by atoms with Crippen LogP contribution >= 0.6 is 0 Å². The van der Waals surface area contributed by atoms with Crippen LogP contribution in [-0.4, -0.2) is 29.8 Å². The van der Waals surface area contributed by atoms with Crippen LogP contribution in [0.5, 0.6) is 0 Å². The maximum atomic E-state index is 10.7. The van der Waals surface area contributed by atoms with Crippen molar-refractivity contribution in [2.45, 2.75) is 32.7 Å². The predicted molar refractivity (Wildman–Crippen MR) is 45.5 cm³/mol. The first-order valence-corrected chi connectivity index (χ1v) is 4.27. The van der Waals surface area contributed by atoms with Crippen LogP contribution in [0.2, 0.25) is 0 Å². The molecule has 2 heteroatoms. The van der Waals surface area contributed by atoms with Gasteiger partial charge in [-0.2, -0.15) is 0 Å². The standard InChI is InChI=1S/C9H17NO/c1-8-4-5-10(6-8)9(2,3)7-11/h7-8H,4-6H2,1-3H3. The fourth-order valence-corrected chi connectivity index (χ4v) is 1.53. The number of carbonyl (C=O) groups is 1. The summed E-state index contributed by atoms with van der Waals surface area (Å²) in [7, 11) is 0. The number of likely N-dealkylation sites (tertiary alicyclic amines) is 1. The van der Waals surface area contributed by atoms with E-state index in [1.807, 2.05) is 13.8 Å². The van der Waals surface area contributed by atoms with Gasteiger partial charge in [0.2, 0.25) is 0 Å². The zero-order chi connectivity index (χ0) is 8.48. The molecule has 1 aliphatic rings. The SMILES string of the molecule is CC1CCN(C(C)(C)C=O)C1. The zero-order valence-corrected chi connectivity index (χ0v) is 7.63. The van der Waals surface area contributed by atoms with Gasteiger partial charge in [0.1, 0.15) is 6.29 Å². The van der Waals surface area contributed by atoms with E-state index in [0.29, 0.717) is 0 Å². The molecule has 1 atom stereocenters. The van der Waals surface area contributed by atoms with Gasteiger partial charge >= 0.3 is 0 Å². The van der Waals surface area contributed by atoms with E-state index in [1.54, 1.807) is 0 Å². The molecule has 2 nitrogen and oxygen atoms in total. The second kappa shape index (κ2) is 2.94. The molecule has 0 aromatic heterocycles. The van der Waals surface area contributed by atoms with Gasteiger partial charge in [0, 0.05) is 6.54 Å². The summed E-state index contributed by atoms with van der Waals surface area (Å²) in [5.41, 5.74) is -0.245. The second-order valence-corrected chi connectivity index (χ2v) is 4.11. The van der Waals surface area contributed by atoms with Crippen LogP contribution < -0.4 is 0 Å². The average Bonchev–Trinajstić information content (AvgIpc) is 2.36. The largest absolute Gasteiger partial charge is 0.301 e. The number of hydrogen-bond donors (Lipinski definition) is 0. The molecule has 11 heavy (non-hydrogen) atoms. The summed E-state index contributed by atoms with van der Waals surface area (Å²) in [5, 5.41) is 0. The van der Waals surface area contributed by atoms with Crippen molar-refractivity contribution in [3.63, 3.8) is 0 Å². The molecule has 0 spiro atoms. The van der Waals surface area contributed by atoms with Crippen LogP contribution in [-0.2, 0) is 4.79 Å². The highest BCUT2D eigenvalue weighted by Gasteiger charge is 2.31. The van der Waals surface area contributed by atoms with Gasteiger partial charge in [-0.05, 0) is 32.7 Å². The van der Waals surface area contributed by atoms with E-state index in [-0.39, 0.29) is 5.54 Å².